The molecular weight excluding hydrogens is 374 g/mol. The normalized spacial score (nSPS) is 19.5. The van der Waals surface area contributed by atoms with Crippen LogP contribution in [0.3, 0.4) is 0 Å². The molecule has 0 spiro atoms. The first-order valence-corrected chi connectivity index (χ1v) is 8.49. The number of nitrogens with zero attached hydrogens (tertiary/aromatic N) is 3. The number of nitro benzene ring substituents is 1. The van der Waals surface area contributed by atoms with E-state index in [-0.39, 0.29) is 10.8 Å². The lowest BCUT2D eigenvalue weighted by Gasteiger charge is -2.37. The largest absolute Gasteiger partial charge is 0.462 e. The van der Waals surface area contributed by atoms with Crippen molar-refractivity contribution in [3.63, 3.8) is 0 Å². The van der Waals surface area contributed by atoms with Crippen LogP contribution in [-0.4, -0.2) is 45.9 Å². The van der Waals surface area contributed by atoms with Gasteiger partial charge in [0.05, 0.1) is 24.2 Å². The lowest BCUT2D eigenvalue weighted by Crippen LogP contribution is -2.49. The number of hydrogen-bond donors (Lipinski definition) is 0. The standard InChI is InChI=1S/C17H19N3O6S/c1-9(2)26-15(21)13-10(3)18-16(27)19(17(22)25-4)14(13)11-6-5-7-12(8-11)20(23)24/h5-9,13-14H,1-4H3/t13?,14-/m0/s1. The SMILES string of the molecule is COC(=O)N1C(=S)N=C(C)C(C(=O)OC(C)C)[C@@H]1c1cccc([N+](=O)[O-])c1. The summed E-state index contributed by atoms with van der Waals surface area (Å²) >= 11 is 5.19. The van der Waals surface area contributed by atoms with Crippen molar-refractivity contribution in [2.45, 2.75) is 32.9 Å². The van der Waals surface area contributed by atoms with Crippen LogP contribution in [0.4, 0.5) is 10.5 Å². The van der Waals surface area contributed by atoms with Crippen molar-refractivity contribution in [2.75, 3.05) is 7.11 Å². The van der Waals surface area contributed by atoms with Crippen molar-refractivity contribution in [3.05, 3.63) is 39.9 Å². The monoisotopic (exact) mass is 393 g/mol. The van der Waals surface area contributed by atoms with Crippen LogP contribution < -0.4 is 0 Å². The van der Waals surface area contributed by atoms with Gasteiger partial charge < -0.3 is 9.47 Å². The van der Waals surface area contributed by atoms with Crippen molar-refractivity contribution >= 4 is 40.8 Å². The predicted octanol–water partition coefficient (Wildman–Crippen LogP) is 3.03. The van der Waals surface area contributed by atoms with E-state index in [1.165, 1.54) is 25.3 Å². The van der Waals surface area contributed by atoms with Crippen LogP contribution in [0, 0.1) is 16.0 Å². The van der Waals surface area contributed by atoms with Crippen LogP contribution in [0.5, 0.6) is 0 Å². The number of esters is 1. The van der Waals surface area contributed by atoms with E-state index in [1.54, 1.807) is 26.8 Å². The Bertz CT molecular complexity index is 823. The molecular formula is C17H19N3O6S. The highest BCUT2D eigenvalue weighted by molar-refractivity contribution is 7.80. The Labute approximate surface area is 161 Å². The number of benzene rings is 1. The number of non-ortho nitro benzene ring substituents is 1. The molecule has 1 unspecified atom stereocenters. The summed E-state index contributed by atoms with van der Waals surface area (Å²) in [5.41, 5.74) is 0.513. The van der Waals surface area contributed by atoms with Crippen LogP contribution in [-0.2, 0) is 14.3 Å². The molecule has 0 aromatic heterocycles. The number of nitro groups is 1. The molecule has 0 N–H and O–H groups in total. The molecule has 0 fully saturated rings. The van der Waals surface area contributed by atoms with Crippen molar-refractivity contribution in [2.24, 2.45) is 10.9 Å². The zero-order valence-electron chi connectivity index (χ0n) is 15.2. The average Bonchev–Trinajstić information content (AvgIpc) is 2.59. The van der Waals surface area contributed by atoms with Gasteiger partial charge in [-0.1, -0.05) is 12.1 Å². The number of hydrogen-bond acceptors (Lipinski definition) is 7. The van der Waals surface area contributed by atoms with Gasteiger partial charge in [0.2, 0.25) is 5.11 Å². The van der Waals surface area contributed by atoms with Gasteiger partial charge in [-0.25, -0.2) is 14.7 Å². The van der Waals surface area contributed by atoms with Gasteiger partial charge in [0.15, 0.2) is 0 Å². The predicted molar refractivity (Wildman–Crippen MR) is 101 cm³/mol. The number of amides is 1. The third-order valence-corrected chi connectivity index (χ3v) is 4.21. The van der Waals surface area contributed by atoms with Crippen LogP contribution in [0.25, 0.3) is 0 Å². The van der Waals surface area contributed by atoms with Gasteiger partial charge in [0, 0.05) is 17.8 Å². The molecule has 27 heavy (non-hydrogen) atoms. The molecule has 1 aliphatic heterocycles. The first kappa shape index (κ1) is 20.4. The third kappa shape index (κ3) is 4.27. The number of thiocarbonyl (C=S) groups is 1. The highest BCUT2D eigenvalue weighted by Gasteiger charge is 2.45. The van der Waals surface area contributed by atoms with Crippen LogP contribution in [0.15, 0.2) is 29.3 Å². The Balaban J connectivity index is 2.64. The molecule has 1 amide bonds. The maximum Gasteiger partial charge on any atom is 0.416 e. The second-order valence-corrected chi connectivity index (χ2v) is 6.50. The van der Waals surface area contributed by atoms with Crippen molar-refractivity contribution in [3.8, 4) is 0 Å². The molecule has 1 aliphatic rings. The van der Waals surface area contributed by atoms with E-state index in [0.717, 1.165) is 4.90 Å². The Morgan fingerprint density at radius 2 is 2.04 bits per heavy atom. The average molecular weight is 393 g/mol. The fraction of sp³-hybridized carbons (Fsp3) is 0.412. The number of carbonyl (C=O) groups excluding carboxylic acids is 2. The summed E-state index contributed by atoms with van der Waals surface area (Å²) in [5, 5.41) is 11.1. The van der Waals surface area contributed by atoms with E-state index in [4.69, 9.17) is 21.7 Å². The fourth-order valence-electron chi connectivity index (χ4n) is 2.83. The zero-order chi connectivity index (χ0) is 20.3. The number of methoxy groups -OCH3 is 1. The highest BCUT2D eigenvalue weighted by atomic mass is 32.1. The molecule has 0 bridgehead atoms. The van der Waals surface area contributed by atoms with Gasteiger partial charge in [-0.2, -0.15) is 0 Å². The minimum atomic E-state index is -0.986. The van der Waals surface area contributed by atoms with Gasteiger partial charge in [0.25, 0.3) is 5.69 Å². The second-order valence-electron chi connectivity index (χ2n) is 6.14. The molecule has 144 valence electrons. The van der Waals surface area contributed by atoms with Crippen LogP contribution in [0.2, 0.25) is 0 Å². The summed E-state index contributed by atoms with van der Waals surface area (Å²) in [6, 6.07) is 4.67. The number of carbonyl (C=O) groups is 2. The first-order valence-electron chi connectivity index (χ1n) is 8.08. The lowest BCUT2D eigenvalue weighted by atomic mass is 9.87. The van der Waals surface area contributed by atoms with E-state index in [0.29, 0.717) is 11.3 Å². The molecule has 0 radical (unpaired) electrons. The first-order chi connectivity index (χ1) is 12.7. The molecule has 0 saturated heterocycles. The minimum Gasteiger partial charge on any atom is -0.462 e. The summed E-state index contributed by atoms with van der Waals surface area (Å²) in [6.45, 7) is 4.98. The lowest BCUT2D eigenvalue weighted by molar-refractivity contribution is -0.385. The number of ether oxygens (including phenoxy) is 2. The molecule has 1 aromatic rings. The molecule has 1 aromatic carbocycles. The van der Waals surface area contributed by atoms with E-state index >= 15 is 0 Å². The molecule has 2 rings (SSSR count). The van der Waals surface area contributed by atoms with E-state index in [1.807, 2.05) is 0 Å². The topological polar surface area (TPSA) is 111 Å². The van der Waals surface area contributed by atoms with Gasteiger partial charge in [-0.3, -0.25) is 14.9 Å². The summed E-state index contributed by atoms with van der Waals surface area (Å²) in [7, 11) is 1.17. The number of rotatable bonds is 4. The molecule has 1 heterocycles. The van der Waals surface area contributed by atoms with Gasteiger partial charge in [0.1, 0.15) is 5.92 Å². The molecule has 10 heteroatoms. The van der Waals surface area contributed by atoms with Crippen LogP contribution >= 0.6 is 12.2 Å². The van der Waals surface area contributed by atoms with E-state index in [9.17, 15) is 19.7 Å². The molecule has 0 aliphatic carbocycles. The fourth-order valence-corrected chi connectivity index (χ4v) is 3.16. The Hall–Kier alpha value is -2.88. The maximum atomic E-state index is 12.7. The summed E-state index contributed by atoms with van der Waals surface area (Å²) < 4.78 is 10.1. The summed E-state index contributed by atoms with van der Waals surface area (Å²) in [5.74, 6) is -1.60. The second kappa shape index (κ2) is 8.21. The molecule has 0 saturated carbocycles. The minimum absolute atomic E-state index is 0.0931. The van der Waals surface area contributed by atoms with Crippen molar-refractivity contribution in [1.29, 1.82) is 0 Å². The van der Waals surface area contributed by atoms with E-state index in [2.05, 4.69) is 4.99 Å². The number of aliphatic imine (C=N–C) groups is 1. The van der Waals surface area contributed by atoms with Gasteiger partial charge in [-0.05, 0) is 38.6 Å². The smallest absolute Gasteiger partial charge is 0.416 e. The molecule has 9 nitrogen and oxygen atoms in total. The quantitative estimate of drug-likeness (QED) is 0.334. The Morgan fingerprint density at radius 3 is 2.59 bits per heavy atom. The maximum absolute atomic E-state index is 12.7. The van der Waals surface area contributed by atoms with Crippen molar-refractivity contribution in [1.82, 2.24) is 4.90 Å². The summed E-state index contributed by atoms with van der Waals surface area (Å²) in [4.78, 5) is 40.8. The summed E-state index contributed by atoms with van der Waals surface area (Å²) in [6.07, 6.45) is -1.22. The third-order valence-electron chi connectivity index (χ3n) is 3.92. The van der Waals surface area contributed by atoms with E-state index < -0.39 is 35.0 Å². The molecule has 2 atom stereocenters. The Morgan fingerprint density at radius 1 is 1.37 bits per heavy atom. The Kier molecular flexibility index (Phi) is 6.21. The van der Waals surface area contributed by atoms with Gasteiger partial charge in [-0.15, -0.1) is 0 Å². The van der Waals surface area contributed by atoms with Crippen LogP contribution in [0.1, 0.15) is 32.4 Å². The zero-order valence-corrected chi connectivity index (χ0v) is 16.1. The highest BCUT2D eigenvalue weighted by Crippen LogP contribution is 2.37. The van der Waals surface area contributed by atoms with Crippen molar-refractivity contribution < 1.29 is 24.0 Å². The van der Waals surface area contributed by atoms with Gasteiger partial charge >= 0.3 is 12.1 Å².